The van der Waals surface area contributed by atoms with Crippen molar-refractivity contribution in [1.82, 2.24) is 19.8 Å². The van der Waals surface area contributed by atoms with Crippen LogP contribution in [0.1, 0.15) is 32.1 Å². The minimum absolute atomic E-state index is 0.384. The third-order valence-electron chi connectivity index (χ3n) is 3.45. The highest BCUT2D eigenvalue weighted by Gasteiger charge is 2.18. The van der Waals surface area contributed by atoms with Crippen molar-refractivity contribution in [3.8, 4) is 0 Å². The Morgan fingerprint density at radius 2 is 2.11 bits per heavy atom. The van der Waals surface area contributed by atoms with Crippen LogP contribution >= 0.6 is 0 Å². The predicted molar refractivity (Wildman–Crippen MR) is 65.5 cm³/mol. The second kappa shape index (κ2) is 6.24. The molecule has 1 fully saturated rings. The summed E-state index contributed by atoms with van der Waals surface area (Å²) in [4.78, 5) is 6.36. The number of nitrogens with zero attached hydrogens (tertiary/aromatic N) is 3. The molecule has 1 aliphatic rings. The van der Waals surface area contributed by atoms with Crippen LogP contribution in [-0.2, 0) is 6.54 Å². The van der Waals surface area contributed by atoms with E-state index < -0.39 is 6.55 Å². The fourth-order valence-electron chi connectivity index (χ4n) is 2.36. The zero-order valence-corrected chi connectivity index (χ0v) is 10.6. The lowest BCUT2D eigenvalue weighted by molar-refractivity contribution is 0.0665. The molecule has 2 rings (SSSR count). The summed E-state index contributed by atoms with van der Waals surface area (Å²) in [5, 5.41) is 3.20. The van der Waals surface area contributed by atoms with E-state index >= 15 is 0 Å². The summed E-state index contributed by atoms with van der Waals surface area (Å²) in [6.07, 6.45) is 5.25. The maximum atomic E-state index is 12.6. The summed E-state index contributed by atoms with van der Waals surface area (Å²) < 4.78 is 26.1. The molecule has 0 bridgehead atoms. The van der Waals surface area contributed by atoms with Crippen molar-refractivity contribution in [2.45, 2.75) is 38.9 Å². The van der Waals surface area contributed by atoms with Gasteiger partial charge in [0.15, 0.2) is 0 Å². The summed E-state index contributed by atoms with van der Waals surface area (Å²) in [6.45, 7) is 3.13. The molecule has 1 atom stereocenters. The maximum Gasteiger partial charge on any atom is 0.319 e. The molecule has 0 aromatic carbocycles. The minimum atomic E-state index is -2.51. The highest BCUT2D eigenvalue weighted by molar-refractivity contribution is 4.92. The van der Waals surface area contributed by atoms with E-state index in [1.54, 1.807) is 0 Å². The molecule has 0 radical (unpaired) electrons. The lowest BCUT2D eigenvalue weighted by Crippen LogP contribution is -2.38. The van der Waals surface area contributed by atoms with Crippen molar-refractivity contribution < 1.29 is 8.78 Å². The van der Waals surface area contributed by atoms with E-state index in [2.05, 4.69) is 22.1 Å². The van der Waals surface area contributed by atoms with Gasteiger partial charge >= 0.3 is 6.55 Å². The minimum Gasteiger partial charge on any atom is -0.308 e. The Balaban J connectivity index is 1.75. The van der Waals surface area contributed by atoms with Gasteiger partial charge in [-0.05, 0) is 32.9 Å². The van der Waals surface area contributed by atoms with E-state index in [4.69, 9.17) is 0 Å². The smallest absolute Gasteiger partial charge is 0.308 e. The lowest BCUT2D eigenvalue weighted by atomic mass is 10.3. The van der Waals surface area contributed by atoms with E-state index in [1.807, 2.05) is 0 Å². The monoisotopic (exact) mass is 258 g/mol. The summed E-state index contributed by atoms with van der Waals surface area (Å²) in [6, 6.07) is 0.447. The van der Waals surface area contributed by atoms with Gasteiger partial charge in [-0.2, -0.15) is 8.78 Å². The Bertz CT molecular complexity index is 361. The first-order chi connectivity index (χ1) is 8.68. The topological polar surface area (TPSA) is 33.1 Å². The largest absolute Gasteiger partial charge is 0.319 e. The molecule has 0 aliphatic carbocycles. The molecule has 18 heavy (non-hydrogen) atoms. The Hall–Kier alpha value is -1.01. The van der Waals surface area contributed by atoms with Crippen molar-refractivity contribution in [2.75, 3.05) is 19.6 Å². The Morgan fingerprint density at radius 3 is 2.78 bits per heavy atom. The highest BCUT2D eigenvalue weighted by atomic mass is 19.3. The number of likely N-dealkylation sites (tertiary alicyclic amines) is 1. The molecule has 2 heterocycles. The number of nitrogens with one attached hydrogen (secondary N) is 1. The van der Waals surface area contributed by atoms with Crippen molar-refractivity contribution in [3.05, 3.63) is 18.2 Å². The second-order valence-corrected chi connectivity index (χ2v) is 4.75. The van der Waals surface area contributed by atoms with Gasteiger partial charge in [0.05, 0.1) is 6.54 Å². The summed E-state index contributed by atoms with van der Waals surface area (Å²) in [5.74, 6) is 0.388. The molecule has 0 spiro atoms. The van der Waals surface area contributed by atoms with E-state index in [1.165, 1.54) is 25.2 Å². The van der Waals surface area contributed by atoms with Crippen LogP contribution < -0.4 is 5.32 Å². The van der Waals surface area contributed by atoms with Crippen LogP contribution in [0, 0.1) is 0 Å². The quantitative estimate of drug-likeness (QED) is 0.845. The molecular formula is C12H20F2N4. The molecule has 0 saturated carbocycles. The van der Waals surface area contributed by atoms with Crippen LogP contribution in [0.25, 0.3) is 0 Å². The molecule has 0 amide bonds. The normalized spacial score (nSPS) is 18.7. The van der Waals surface area contributed by atoms with Gasteiger partial charge < -0.3 is 5.32 Å². The van der Waals surface area contributed by atoms with Crippen molar-refractivity contribution >= 4 is 0 Å². The van der Waals surface area contributed by atoms with E-state index in [0.29, 0.717) is 18.4 Å². The Morgan fingerprint density at radius 1 is 1.39 bits per heavy atom. The number of halogens is 2. The third kappa shape index (κ3) is 3.26. The van der Waals surface area contributed by atoms with Crippen LogP contribution in [0.5, 0.6) is 0 Å². The van der Waals surface area contributed by atoms with Crippen LogP contribution in [0.4, 0.5) is 8.78 Å². The number of aromatic nitrogens is 2. The van der Waals surface area contributed by atoms with Crippen molar-refractivity contribution in [3.63, 3.8) is 0 Å². The first-order valence-corrected chi connectivity index (χ1v) is 6.43. The fraction of sp³-hybridized carbons (Fsp3) is 0.750. The highest BCUT2D eigenvalue weighted by Crippen LogP contribution is 2.13. The zero-order valence-electron chi connectivity index (χ0n) is 10.6. The molecule has 1 unspecified atom stereocenters. The molecule has 4 nitrogen and oxygen atoms in total. The standard InChI is InChI=1S/C12H20F2N4/c1-10(17-5-2-3-6-17)8-15-9-11-16-4-7-18(11)12(13)14/h4,7,10,12,15H,2-3,5-6,8-9H2,1H3. The maximum absolute atomic E-state index is 12.6. The van der Waals surface area contributed by atoms with Gasteiger partial charge in [-0.3, -0.25) is 9.47 Å². The van der Waals surface area contributed by atoms with Crippen LogP contribution in [0.15, 0.2) is 12.4 Å². The van der Waals surface area contributed by atoms with Crippen LogP contribution in [0.3, 0.4) is 0 Å². The zero-order chi connectivity index (χ0) is 13.0. The van der Waals surface area contributed by atoms with Crippen molar-refractivity contribution in [2.24, 2.45) is 0 Å². The number of imidazole rings is 1. The SMILES string of the molecule is CC(CNCc1nccn1C(F)F)N1CCCC1. The predicted octanol–water partition coefficient (Wildman–Crippen LogP) is 1.85. The number of hydrogen-bond acceptors (Lipinski definition) is 3. The van der Waals surface area contributed by atoms with E-state index in [9.17, 15) is 8.78 Å². The fourth-order valence-corrected chi connectivity index (χ4v) is 2.36. The van der Waals surface area contributed by atoms with Gasteiger partial charge in [0.1, 0.15) is 5.82 Å². The van der Waals surface area contributed by atoms with Gasteiger partial charge in [0.25, 0.3) is 0 Å². The van der Waals surface area contributed by atoms with E-state index in [0.717, 1.165) is 24.2 Å². The van der Waals surface area contributed by atoms with Gasteiger partial charge in [-0.1, -0.05) is 0 Å². The second-order valence-electron chi connectivity index (χ2n) is 4.75. The first-order valence-electron chi connectivity index (χ1n) is 6.43. The van der Waals surface area contributed by atoms with Gasteiger partial charge in [0, 0.05) is 25.0 Å². The molecule has 1 aromatic rings. The van der Waals surface area contributed by atoms with Crippen LogP contribution in [0.2, 0.25) is 0 Å². The molecule has 102 valence electrons. The number of rotatable bonds is 6. The molecule has 1 N–H and O–H groups in total. The van der Waals surface area contributed by atoms with Crippen molar-refractivity contribution in [1.29, 1.82) is 0 Å². The Kier molecular flexibility index (Phi) is 4.66. The van der Waals surface area contributed by atoms with Gasteiger partial charge in [-0.25, -0.2) is 4.98 Å². The van der Waals surface area contributed by atoms with Crippen LogP contribution in [-0.4, -0.2) is 40.1 Å². The molecule has 6 heteroatoms. The lowest BCUT2D eigenvalue weighted by Gasteiger charge is -2.23. The molecule has 1 aliphatic heterocycles. The summed E-state index contributed by atoms with van der Waals surface area (Å²) in [5.41, 5.74) is 0. The number of alkyl halides is 2. The number of hydrogen-bond donors (Lipinski definition) is 1. The summed E-state index contributed by atoms with van der Waals surface area (Å²) in [7, 11) is 0. The average molecular weight is 258 g/mol. The Labute approximate surface area is 106 Å². The average Bonchev–Trinajstić information content (AvgIpc) is 2.99. The first kappa shape index (κ1) is 13.4. The molecule has 1 aromatic heterocycles. The van der Waals surface area contributed by atoms with E-state index in [-0.39, 0.29) is 0 Å². The van der Waals surface area contributed by atoms with Gasteiger partial charge in [0.2, 0.25) is 0 Å². The van der Waals surface area contributed by atoms with Gasteiger partial charge in [-0.15, -0.1) is 0 Å². The molecule has 1 saturated heterocycles. The molecular weight excluding hydrogens is 238 g/mol. The summed E-state index contributed by atoms with van der Waals surface area (Å²) >= 11 is 0. The third-order valence-corrected chi connectivity index (χ3v) is 3.45.